The molecule has 1 fully saturated rings. The Hall–Kier alpha value is -2.40. The minimum atomic E-state index is -4.78. The summed E-state index contributed by atoms with van der Waals surface area (Å²) in [6, 6.07) is 3.72. The SMILES string of the molecule is NCC(=O)NC1(C(=O)Nc2nc3ccc(OC(F)(F)F)cc3s2)CCC1. The van der Waals surface area contributed by atoms with Crippen LogP contribution in [0.5, 0.6) is 5.75 Å². The second-order valence-corrected chi connectivity index (χ2v) is 6.87. The van der Waals surface area contributed by atoms with Crippen LogP contribution in [0.3, 0.4) is 0 Å². The molecule has 1 aliphatic rings. The Morgan fingerprint density at radius 1 is 1.35 bits per heavy atom. The van der Waals surface area contributed by atoms with Gasteiger partial charge in [0.1, 0.15) is 11.3 Å². The fourth-order valence-corrected chi connectivity index (χ4v) is 3.52. The van der Waals surface area contributed by atoms with Crippen molar-refractivity contribution < 1.29 is 27.5 Å². The molecule has 0 radical (unpaired) electrons. The van der Waals surface area contributed by atoms with Gasteiger partial charge in [-0.25, -0.2) is 4.98 Å². The molecule has 1 aromatic heterocycles. The van der Waals surface area contributed by atoms with Crippen LogP contribution in [0, 0.1) is 0 Å². The van der Waals surface area contributed by atoms with Gasteiger partial charge in [0.05, 0.1) is 16.8 Å². The Balaban J connectivity index is 1.76. The summed E-state index contributed by atoms with van der Waals surface area (Å²) >= 11 is 1.01. The molecule has 1 heterocycles. The van der Waals surface area contributed by atoms with Crippen molar-refractivity contribution in [3.63, 3.8) is 0 Å². The number of alkyl halides is 3. The Morgan fingerprint density at radius 3 is 2.65 bits per heavy atom. The number of amides is 2. The van der Waals surface area contributed by atoms with Gasteiger partial charge in [-0.15, -0.1) is 13.2 Å². The third-order valence-corrected chi connectivity index (χ3v) is 4.95. The molecule has 26 heavy (non-hydrogen) atoms. The van der Waals surface area contributed by atoms with E-state index in [0.29, 0.717) is 23.1 Å². The number of rotatable bonds is 5. The number of carbonyl (C=O) groups is 2. The fourth-order valence-electron chi connectivity index (χ4n) is 2.63. The third kappa shape index (κ3) is 3.88. The van der Waals surface area contributed by atoms with Gasteiger partial charge >= 0.3 is 6.36 Å². The van der Waals surface area contributed by atoms with Crippen molar-refractivity contribution in [3.05, 3.63) is 18.2 Å². The molecule has 7 nitrogen and oxygen atoms in total. The first-order valence-corrected chi connectivity index (χ1v) is 8.51. The van der Waals surface area contributed by atoms with Crippen molar-refractivity contribution in [1.29, 1.82) is 0 Å². The zero-order chi connectivity index (χ0) is 18.9. The number of hydrogen-bond acceptors (Lipinski definition) is 6. The number of benzene rings is 1. The van der Waals surface area contributed by atoms with Crippen molar-refractivity contribution in [2.75, 3.05) is 11.9 Å². The number of aromatic nitrogens is 1. The van der Waals surface area contributed by atoms with E-state index >= 15 is 0 Å². The van der Waals surface area contributed by atoms with E-state index in [4.69, 9.17) is 5.73 Å². The zero-order valence-electron chi connectivity index (χ0n) is 13.4. The summed E-state index contributed by atoms with van der Waals surface area (Å²) in [7, 11) is 0. The molecule has 0 unspecified atom stereocenters. The molecule has 0 bridgehead atoms. The van der Waals surface area contributed by atoms with E-state index in [1.807, 2.05) is 0 Å². The molecule has 11 heteroatoms. The van der Waals surface area contributed by atoms with E-state index in [2.05, 4.69) is 20.4 Å². The van der Waals surface area contributed by atoms with Gasteiger partial charge < -0.3 is 15.8 Å². The number of halogens is 3. The molecule has 1 aromatic carbocycles. The van der Waals surface area contributed by atoms with Crippen molar-refractivity contribution in [2.24, 2.45) is 5.73 Å². The van der Waals surface area contributed by atoms with Crippen LogP contribution in [-0.4, -0.2) is 35.2 Å². The Bertz CT molecular complexity index is 848. The monoisotopic (exact) mass is 388 g/mol. The first-order valence-electron chi connectivity index (χ1n) is 7.70. The van der Waals surface area contributed by atoms with E-state index in [9.17, 15) is 22.8 Å². The molecule has 3 rings (SSSR count). The molecule has 0 spiro atoms. The lowest BCUT2D eigenvalue weighted by Gasteiger charge is -2.40. The van der Waals surface area contributed by atoms with Crippen LogP contribution in [0.1, 0.15) is 19.3 Å². The van der Waals surface area contributed by atoms with Crippen LogP contribution in [-0.2, 0) is 9.59 Å². The highest BCUT2D eigenvalue weighted by molar-refractivity contribution is 7.22. The summed E-state index contributed by atoms with van der Waals surface area (Å²) in [5.74, 6) is -1.22. The predicted molar refractivity (Wildman–Crippen MR) is 88.7 cm³/mol. The molecule has 0 atom stereocenters. The maximum absolute atomic E-state index is 12.5. The lowest BCUT2D eigenvalue weighted by atomic mass is 9.76. The van der Waals surface area contributed by atoms with Gasteiger partial charge in [0.15, 0.2) is 5.13 Å². The van der Waals surface area contributed by atoms with Gasteiger partial charge in [-0.2, -0.15) is 0 Å². The zero-order valence-corrected chi connectivity index (χ0v) is 14.2. The number of anilines is 1. The third-order valence-electron chi connectivity index (χ3n) is 4.02. The second-order valence-electron chi connectivity index (χ2n) is 5.84. The smallest absolute Gasteiger partial charge is 0.406 e. The Kier molecular flexibility index (Phi) is 4.76. The van der Waals surface area contributed by atoms with Gasteiger partial charge in [-0.05, 0) is 31.4 Å². The van der Waals surface area contributed by atoms with Crippen LogP contribution in [0.4, 0.5) is 18.3 Å². The summed E-state index contributed by atoms with van der Waals surface area (Å²) < 4.78 is 41.2. The molecule has 1 aliphatic carbocycles. The maximum Gasteiger partial charge on any atom is 0.573 e. The van der Waals surface area contributed by atoms with E-state index in [1.54, 1.807) is 0 Å². The maximum atomic E-state index is 12.5. The van der Waals surface area contributed by atoms with Crippen LogP contribution in [0.15, 0.2) is 18.2 Å². The molecule has 2 aromatic rings. The number of nitrogens with two attached hydrogens (primary N) is 1. The highest BCUT2D eigenvalue weighted by Gasteiger charge is 2.45. The van der Waals surface area contributed by atoms with Crippen molar-refractivity contribution in [3.8, 4) is 5.75 Å². The van der Waals surface area contributed by atoms with Crippen molar-refractivity contribution in [2.45, 2.75) is 31.2 Å². The number of ether oxygens (including phenoxy) is 1. The van der Waals surface area contributed by atoms with Crippen LogP contribution in [0.25, 0.3) is 10.2 Å². The summed E-state index contributed by atoms with van der Waals surface area (Å²) in [6.45, 7) is -0.224. The quantitative estimate of drug-likeness (QED) is 0.728. The summed E-state index contributed by atoms with van der Waals surface area (Å²) in [5.41, 5.74) is 4.68. The van der Waals surface area contributed by atoms with Crippen LogP contribution < -0.4 is 21.1 Å². The van der Waals surface area contributed by atoms with E-state index in [-0.39, 0.29) is 17.4 Å². The highest BCUT2D eigenvalue weighted by atomic mass is 32.1. The van der Waals surface area contributed by atoms with E-state index < -0.39 is 23.7 Å². The van der Waals surface area contributed by atoms with Gasteiger partial charge in [0, 0.05) is 6.07 Å². The number of fused-ring (bicyclic) bond motifs is 1. The standard InChI is InChI=1S/C15H15F3N4O3S/c16-15(17,18)25-8-2-3-9-10(6-8)26-13(20-9)21-12(24)14(4-1-5-14)22-11(23)7-19/h2-3,6H,1,4-5,7,19H2,(H,22,23)(H,20,21,24). The highest BCUT2D eigenvalue weighted by Crippen LogP contribution is 2.35. The second kappa shape index (κ2) is 6.72. The van der Waals surface area contributed by atoms with Gasteiger partial charge in [0.2, 0.25) is 5.91 Å². The first-order chi connectivity index (χ1) is 12.2. The number of carbonyl (C=O) groups excluding carboxylic acids is 2. The van der Waals surface area contributed by atoms with Crippen molar-refractivity contribution in [1.82, 2.24) is 10.3 Å². The predicted octanol–water partition coefficient (Wildman–Crippen LogP) is 2.13. The van der Waals surface area contributed by atoms with Gasteiger partial charge in [-0.1, -0.05) is 11.3 Å². The van der Waals surface area contributed by atoms with Crippen molar-refractivity contribution >= 4 is 38.5 Å². The molecule has 0 saturated heterocycles. The van der Waals surface area contributed by atoms with Gasteiger partial charge in [-0.3, -0.25) is 14.9 Å². The largest absolute Gasteiger partial charge is 0.573 e. The number of nitrogens with one attached hydrogen (secondary N) is 2. The normalized spacial score (nSPS) is 16.0. The topological polar surface area (TPSA) is 106 Å². The van der Waals surface area contributed by atoms with E-state index in [0.717, 1.165) is 23.8 Å². The fraction of sp³-hybridized carbons (Fsp3) is 0.400. The van der Waals surface area contributed by atoms with Crippen LogP contribution in [0.2, 0.25) is 0 Å². The Morgan fingerprint density at radius 2 is 2.08 bits per heavy atom. The van der Waals surface area contributed by atoms with Gasteiger partial charge in [0.25, 0.3) is 5.91 Å². The number of thiazole rings is 1. The lowest BCUT2D eigenvalue weighted by Crippen LogP contribution is -2.62. The van der Waals surface area contributed by atoms with E-state index in [1.165, 1.54) is 12.1 Å². The number of hydrogen-bond donors (Lipinski definition) is 3. The summed E-state index contributed by atoms with van der Waals surface area (Å²) in [5, 5.41) is 5.47. The first kappa shape index (κ1) is 18.4. The lowest BCUT2D eigenvalue weighted by molar-refractivity contribution is -0.274. The molecular formula is C15H15F3N4O3S. The average molecular weight is 388 g/mol. The summed E-state index contributed by atoms with van der Waals surface area (Å²) in [4.78, 5) is 28.2. The molecule has 2 amide bonds. The Labute approximate surface area is 149 Å². The molecular weight excluding hydrogens is 373 g/mol. The molecule has 0 aliphatic heterocycles. The molecule has 4 N–H and O–H groups in total. The minimum absolute atomic E-state index is 0.224. The number of nitrogens with zero attached hydrogens (tertiary/aromatic N) is 1. The summed E-state index contributed by atoms with van der Waals surface area (Å²) in [6.07, 6.45) is -3.03. The molecule has 1 saturated carbocycles. The minimum Gasteiger partial charge on any atom is -0.406 e. The average Bonchev–Trinajstić information content (AvgIpc) is 2.90. The van der Waals surface area contributed by atoms with Crippen LogP contribution >= 0.6 is 11.3 Å². The molecule has 140 valence electrons.